The van der Waals surface area contributed by atoms with Gasteiger partial charge in [-0.05, 0) is 49.7 Å². The number of nitrogens with one attached hydrogen (secondary N) is 1. The van der Waals surface area contributed by atoms with Gasteiger partial charge in [0.2, 0.25) is 11.8 Å². The summed E-state index contributed by atoms with van der Waals surface area (Å²) in [5.74, 6) is 0.148. The van der Waals surface area contributed by atoms with Crippen LogP contribution < -0.4 is 5.32 Å². The van der Waals surface area contributed by atoms with Crippen LogP contribution in [0.5, 0.6) is 0 Å². The van der Waals surface area contributed by atoms with E-state index >= 15 is 0 Å². The third-order valence-electron chi connectivity index (χ3n) is 5.04. The second-order valence-electron chi connectivity index (χ2n) is 6.65. The lowest BCUT2D eigenvalue weighted by Crippen LogP contribution is -2.52. The summed E-state index contributed by atoms with van der Waals surface area (Å²) >= 11 is 0. The smallest absolute Gasteiger partial charge is 0.243 e. The van der Waals surface area contributed by atoms with E-state index in [1.165, 1.54) is 11.1 Å². The Balaban J connectivity index is 1.68. The number of carbonyl (C=O) groups is 2. The predicted molar refractivity (Wildman–Crippen MR) is 89.9 cm³/mol. The van der Waals surface area contributed by atoms with Gasteiger partial charge in [-0.3, -0.25) is 9.59 Å². The number of likely N-dealkylation sites (tertiary alicyclic amines) is 1. The van der Waals surface area contributed by atoms with Crippen LogP contribution in [0.1, 0.15) is 62.6 Å². The molecule has 1 fully saturated rings. The van der Waals surface area contributed by atoms with Crippen molar-refractivity contribution in [2.45, 2.75) is 64.0 Å². The van der Waals surface area contributed by atoms with Crippen LogP contribution in [0.4, 0.5) is 0 Å². The number of piperidine rings is 1. The molecule has 1 N–H and O–H groups in total. The zero-order valence-electron chi connectivity index (χ0n) is 13.9. The Labute approximate surface area is 138 Å². The van der Waals surface area contributed by atoms with Crippen LogP contribution in [0.2, 0.25) is 0 Å². The number of amides is 2. The van der Waals surface area contributed by atoms with Gasteiger partial charge in [0.05, 0.1) is 6.04 Å². The summed E-state index contributed by atoms with van der Waals surface area (Å²) in [6.45, 7) is 2.73. The molecule has 0 aromatic heterocycles. The molecule has 1 aromatic carbocycles. The Morgan fingerprint density at radius 1 is 1.22 bits per heavy atom. The summed E-state index contributed by atoms with van der Waals surface area (Å²) in [4.78, 5) is 26.9. The number of hydrogen-bond acceptors (Lipinski definition) is 2. The Morgan fingerprint density at radius 3 is 2.87 bits per heavy atom. The molecule has 0 radical (unpaired) electrons. The van der Waals surface area contributed by atoms with E-state index in [0.717, 1.165) is 45.1 Å². The van der Waals surface area contributed by atoms with E-state index in [9.17, 15) is 9.59 Å². The zero-order valence-corrected chi connectivity index (χ0v) is 13.9. The van der Waals surface area contributed by atoms with Crippen molar-refractivity contribution in [3.05, 3.63) is 35.4 Å². The first-order valence-electron chi connectivity index (χ1n) is 8.88. The van der Waals surface area contributed by atoms with Gasteiger partial charge in [0.15, 0.2) is 0 Å². The lowest BCUT2D eigenvalue weighted by molar-refractivity contribution is -0.142. The van der Waals surface area contributed by atoms with E-state index in [4.69, 9.17) is 0 Å². The van der Waals surface area contributed by atoms with E-state index in [1.54, 1.807) is 0 Å². The Hall–Kier alpha value is -1.84. The number of carbonyl (C=O) groups excluding carboxylic acids is 2. The summed E-state index contributed by atoms with van der Waals surface area (Å²) in [6.07, 6.45) is 6.16. The number of nitrogens with zero attached hydrogens (tertiary/aromatic N) is 1. The lowest BCUT2D eigenvalue weighted by atomic mass is 9.99. The van der Waals surface area contributed by atoms with Gasteiger partial charge in [-0.1, -0.05) is 31.2 Å². The SMILES string of the molecule is CCCC(=O)N1CCCC[C@@H]1C(=O)N[C@@H]1CCc2ccccc21. The molecule has 1 aromatic rings. The molecular formula is C19H26N2O2. The standard InChI is InChI=1S/C19H26N2O2/c1-2-7-18(22)21-13-6-5-10-17(21)19(23)20-16-12-11-14-8-3-4-9-15(14)16/h3-4,8-9,16-17H,2,5-7,10-13H2,1H3,(H,20,23)/t16-,17-/m1/s1. The third kappa shape index (κ3) is 3.41. The fourth-order valence-electron chi connectivity index (χ4n) is 3.84. The van der Waals surface area contributed by atoms with Gasteiger partial charge in [0, 0.05) is 13.0 Å². The minimum atomic E-state index is -0.282. The van der Waals surface area contributed by atoms with Gasteiger partial charge in [0.25, 0.3) is 0 Å². The number of aryl methyl sites for hydroxylation is 1. The van der Waals surface area contributed by atoms with Gasteiger partial charge < -0.3 is 10.2 Å². The van der Waals surface area contributed by atoms with Crippen LogP contribution in [0.3, 0.4) is 0 Å². The Bertz CT molecular complexity index is 584. The second kappa shape index (κ2) is 7.16. The molecule has 23 heavy (non-hydrogen) atoms. The Kier molecular flexibility index (Phi) is 4.99. The summed E-state index contributed by atoms with van der Waals surface area (Å²) in [7, 11) is 0. The molecule has 4 heteroatoms. The molecule has 1 heterocycles. The van der Waals surface area contributed by atoms with Crippen molar-refractivity contribution in [3.63, 3.8) is 0 Å². The topological polar surface area (TPSA) is 49.4 Å². The number of hydrogen-bond donors (Lipinski definition) is 1. The molecule has 124 valence electrons. The van der Waals surface area contributed by atoms with Crippen LogP contribution in [0.15, 0.2) is 24.3 Å². The molecular weight excluding hydrogens is 288 g/mol. The average Bonchev–Trinajstić information content (AvgIpc) is 2.98. The fraction of sp³-hybridized carbons (Fsp3) is 0.579. The molecule has 0 saturated carbocycles. The molecule has 4 nitrogen and oxygen atoms in total. The highest BCUT2D eigenvalue weighted by Gasteiger charge is 2.33. The highest BCUT2D eigenvalue weighted by Crippen LogP contribution is 2.31. The van der Waals surface area contributed by atoms with Gasteiger partial charge in [0.1, 0.15) is 6.04 Å². The monoisotopic (exact) mass is 314 g/mol. The van der Waals surface area contributed by atoms with Crippen molar-refractivity contribution < 1.29 is 9.59 Å². The third-order valence-corrected chi connectivity index (χ3v) is 5.04. The van der Waals surface area contributed by atoms with Gasteiger partial charge in [-0.2, -0.15) is 0 Å². The number of rotatable bonds is 4. The molecule has 1 aliphatic carbocycles. The van der Waals surface area contributed by atoms with Gasteiger partial charge in [-0.15, -0.1) is 0 Å². The normalized spacial score (nSPS) is 23.4. The minimum absolute atomic E-state index is 0.0239. The molecule has 1 aliphatic heterocycles. The largest absolute Gasteiger partial charge is 0.347 e. The van der Waals surface area contributed by atoms with Crippen molar-refractivity contribution in [2.24, 2.45) is 0 Å². The fourth-order valence-corrected chi connectivity index (χ4v) is 3.84. The highest BCUT2D eigenvalue weighted by atomic mass is 16.2. The molecule has 0 spiro atoms. The van der Waals surface area contributed by atoms with Crippen molar-refractivity contribution in [1.29, 1.82) is 0 Å². The predicted octanol–water partition coefficient (Wildman–Crippen LogP) is 2.97. The summed E-state index contributed by atoms with van der Waals surface area (Å²) < 4.78 is 0. The maximum atomic E-state index is 12.8. The Morgan fingerprint density at radius 2 is 2.04 bits per heavy atom. The molecule has 2 atom stereocenters. The van der Waals surface area contributed by atoms with E-state index in [-0.39, 0.29) is 23.9 Å². The van der Waals surface area contributed by atoms with Crippen molar-refractivity contribution in [3.8, 4) is 0 Å². The molecule has 2 aliphatic rings. The molecule has 0 unspecified atom stereocenters. The van der Waals surface area contributed by atoms with Crippen LogP contribution in [-0.4, -0.2) is 29.3 Å². The van der Waals surface area contributed by atoms with Gasteiger partial charge in [-0.25, -0.2) is 0 Å². The number of fused-ring (bicyclic) bond motifs is 1. The summed E-state index contributed by atoms with van der Waals surface area (Å²) in [6, 6.07) is 8.14. The van der Waals surface area contributed by atoms with Crippen molar-refractivity contribution in [2.75, 3.05) is 6.54 Å². The van der Waals surface area contributed by atoms with E-state index in [1.807, 2.05) is 17.9 Å². The van der Waals surface area contributed by atoms with E-state index in [0.29, 0.717) is 6.42 Å². The highest BCUT2D eigenvalue weighted by molar-refractivity contribution is 5.88. The van der Waals surface area contributed by atoms with E-state index in [2.05, 4.69) is 23.5 Å². The van der Waals surface area contributed by atoms with Crippen molar-refractivity contribution >= 4 is 11.8 Å². The first-order chi connectivity index (χ1) is 11.2. The molecule has 3 rings (SSSR count). The zero-order chi connectivity index (χ0) is 16.2. The van der Waals surface area contributed by atoms with Gasteiger partial charge >= 0.3 is 0 Å². The minimum Gasteiger partial charge on any atom is -0.347 e. The van der Waals surface area contributed by atoms with Crippen molar-refractivity contribution in [1.82, 2.24) is 10.2 Å². The van der Waals surface area contributed by atoms with Crippen LogP contribution in [-0.2, 0) is 16.0 Å². The quantitative estimate of drug-likeness (QED) is 0.929. The lowest BCUT2D eigenvalue weighted by Gasteiger charge is -2.35. The van der Waals surface area contributed by atoms with E-state index < -0.39 is 0 Å². The van der Waals surface area contributed by atoms with Crippen LogP contribution in [0, 0.1) is 0 Å². The van der Waals surface area contributed by atoms with Crippen LogP contribution in [0.25, 0.3) is 0 Å². The summed E-state index contributed by atoms with van der Waals surface area (Å²) in [5, 5.41) is 3.20. The first-order valence-corrected chi connectivity index (χ1v) is 8.88. The number of benzene rings is 1. The first kappa shape index (κ1) is 16.0. The molecule has 0 bridgehead atoms. The van der Waals surface area contributed by atoms with Crippen LogP contribution >= 0.6 is 0 Å². The second-order valence-corrected chi connectivity index (χ2v) is 6.65. The summed E-state index contributed by atoms with van der Waals surface area (Å²) in [5.41, 5.74) is 2.57. The molecule has 1 saturated heterocycles. The maximum Gasteiger partial charge on any atom is 0.243 e. The maximum absolute atomic E-state index is 12.8. The molecule has 2 amide bonds. The average molecular weight is 314 g/mol.